The van der Waals surface area contributed by atoms with Gasteiger partial charge in [0.2, 0.25) is 0 Å². The molecule has 0 aromatic heterocycles. The summed E-state index contributed by atoms with van der Waals surface area (Å²) in [5, 5.41) is 2.91. The predicted octanol–water partition coefficient (Wildman–Crippen LogP) is 2.94. The highest BCUT2D eigenvalue weighted by Gasteiger charge is 2.23. The minimum Gasteiger partial charge on any atom is -0.336 e. The smallest absolute Gasteiger partial charge is 0.256 e. The Morgan fingerprint density at radius 2 is 1.62 bits per heavy atom. The number of rotatable bonds is 3. The van der Waals surface area contributed by atoms with Crippen molar-refractivity contribution in [3.8, 4) is 0 Å². The minimum atomic E-state index is -0.202. The second-order valence-corrected chi connectivity index (χ2v) is 6.89. The third kappa shape index (κ3) is 3.94. The van der Waals surface area contributed by atoms with E-state index in [4.69, 9.17) is 0 Å². The largest absolute Gasteiger partial charge is 0.336 e. The highest BCUT2D eigenvalue weighted by molar-refractivity contribution is 6.09. The standard InChI is InChI=1S/C21H25N3O2/c1-15-8-9-17(14-16(15)2)20(25)22-19-7-5-4-6-18(19)21(26)24-12-10-23(3)11-13-24/h4-9,14H,10-13H2,1-3H3,(H,22,25). The maximum atomic E-state index is 12.9. The van der Waals surface area contributed by atoms with Crippen LogP contribution in [-0.4, -0.2) is 54.8 Å². The van der Waals surface area contributed by atoms with E-state index in [1.165, 1.54) is 0 Å². The summed E-state index contributed by atoms with van der Waals surface area (Å²) in [5.74, 6) is -0.235. The lowest BCUT2D eigenvalue weighted by molar-refractivity contribution is 0.0665. The molecule has 0 unspecified atom stereocenters. The Morgan fingerprint density at radius 3 is 2.31 bits per heavy atom. The van der Waals surface area contributed by atoms with Gasteiger partial charge in [-0.25, -0.2) is 0 Å². The zero-order chi connectivity index (χ0) is 18.7. The third-order valence-corrected chi connectivity index (χ3v) is 4.97. The van der Waals surface area contributed by atoms with Crippen LogP contribution in [0.2, 0.25) is 0 Å². The number of nitrogens with one attached hydrogen (secondary N) is 1. The Bertz CT molecular complexity index is 824. The van der Waals surface area contributed by atoms with Gasteiger partial charge in [0.15, 0.2) is 0 Å². The number of para-hydroxylation sites is 1. The number of carbonyl (C=O) groups is 2. The number of carbonyl (C=O) groups excluding carboxylic acids is 2. The molecule has 3 rings (SSSR count). The molecule has 136 valence electrons. The van der Waals surface area contributed by atoms with Crippen LogP contribution in [0.3, 0.4) is 0 Å². The molecule has 0 radical (unpaired) electrons. The number of benzene rings is 2. The van der Waals surface area contributed by atoms with Gasteiger partial charge < -0.3 is 15.1 Å². The summed E-state index contributed by atoms with van der Waals surface area (Å²) in [6.45, 7) is 7.13. The molecule has 1 fully saturated rings. The summed E-state index contributed by atoms with van der Waals surface area (Å²) in [4.78, 5) is 29.6. The van der Waals surface area contributed by atoms with Gasteiger partial charge in [0.1, 0.15) is 0 Å². The van der Waals surface area contributed by atoms with E-state index in [1.807, 2.05) is 49.1 Å². The third-order valence-electron chi connectivity index (χ3n) is 4.97. The predicted molar refractivity (Wildman–Crippen MR) is 104 cm³/mol. The molecule has 1 heterocycles. The lowest BCUT2D eigenvalue weighted by Crippen LogP contribution is -2.47. The van der Waals surface area contributed by atoms with Crippen LogP contribution in [0.5, 0.6) is 0 Å². The molecule has 0 spiro atoms. The summed E-state index contributed by atoms with van der Waals surface area (Å²) in [6.07, 6.45) is 0. The van der Waals surface area contributed by atoms with Crippen molar-refractivity contribution in [3.63, 3.8) is 0 Å². The van der Waals surface area contributed by atoms with Gasteiger partial charge in [0.05, 0.1) is 11.3 Å². The number of likely N-dealkylation sites (N-methyl/N-ethyl adjacent to an activating group) is 1. The zero-order valence-corrected chi connectivity index (χ0v) is 15.6. The van der Waals surface area contributed by atoms with E-state index in [-0.39, 0.29) is 11.8 Å². The van der Waals surface area contributed by atoms with Crippen LogP contribution in [0.25, 0.3) is 0 Å². The fraction of sp³-hybridized carbons (Fsp3) is 0.333. The zero-order valence-electron chi connectivity index (χ0n) is 15.6. The highest BCUT2D eigenvalue weighted by atomic mass is 16.2. The first-order valence-electron chi connectivity index (χ1n) is 8.91. The van der Waals surface area contributed by atoms with Gasteiger partial charge in [0.25, 0.3) is 11.8 Å². The van der Waals surface area contributed by atoms with Crippen LogP contribution in [-0.2, 0) is 0 Å². The van der Waals surface area contributed by atoms with Crippen molar-refractivity contribution in [2.24, 2.45) is 0 Å². The first-order chi connectivity index (χ1) is 12.5. The molecular formula is C21H25N3O2. The van der Waals surface area contributed by atoms with Crippen molar-refractivity contribution < 1.29 is 9.59 Å². The van der Waals surface area contributed by atoms with E-state index < -0.39 is 0 Å². The SMILES string of the molecule is Cc1ccc(C(=O)Nc2ccccc2C(=O)N2CCN(C)CC2)cc1C. The van der Waals surface area contributed by atoms with Crippen LogP contribution < -0.4 is 5.32 Å². The summed E-state index contributed by atoms with van der Waals surface area (Å²) < 4.78 is 0. The summed E-state index contributed by atoms with van der Waals surface area (Å²) >= 11 is 0. The van der Waals surface area contributed by atoms with Gasteiger partial charge in [-0.15, -0.1) is 0 Å². The molecule has 2 aromatic carbocycles. The molecule has 1 aliphatic heterocycles. The number of hydrogen-bond acceptors (Lipinski definition) is 3. The van der Waals surface area contributed by atoms with E-state index in [2.05, 4.69) is 17.3 Å². The number of nitrogens with zero attached hydrogens (tertiary/aromatic N) is 2. The van der Waals surface area contributed by atoms with Crippen LogP contribution in [0, 0.1) is 13.8 Å². The molecule has 0 aliphatic carbocycles. The summed E-state index contributed by atoms with van der Waals surface area (Å²) in [7, 11) is 2.06. The number of amides is 2. The van der Waals surface area contributed by atoms with Crippen LogP contribution >= 0.6 is 0 Å². The van der Waals surface area contributed by atoms with Crippen molar-refractivity contribution in [1.29, 1.82) is 0 Å². The van der Waals surface area contributed by atoms with Crippen molar-refractivity contribution in [1.82, 2.24) is 9.80 Å². The monoisotopic (exact) mass is 351 g/mol. The molecular weight excluding hydrogens is 326 g/mol. The number of anilines is 1. The first-order valence-corrected chi connectivity index (χ1v) is 8.91. The first kappa shape index (κ1) is 18.1. The molecule has 5 heteroatoms. The molecule has 26 heavy (non-hydrogen) atoms. The van der Waals surface area contributed by atoms with Crippen LogP contribution in [0.4, 0.5) is 5.69 Å². The highest BCUT2D eigenvalue weighted by Crippen LogP contribution is 2.20. The molecule has 1 N–H and O–H groups in total. The van der Waals surface area contributed by atoms with Crippen molar-refractivity contribution in [3.05, 3.63) is 64.7 Å². The second kappa shape index (κ2) is 7.70. The molecule has 0 atom stereocenters. The Kier molecular flexibility index (Phi) is 5.38. The Hall–Kier alpha value is -2.66. The van der Waals surface area contributed by atoms with Crippen molar-refractivity contribution >= 4 is 17.5 Å². The second-order valence-electron chi connectivity index (χ2n) is 6.89. The van der Waals surface area contributed by atoms with Gasteiger partial charge in [-0.2, -0.15) is 0 Å². The van der Waals surface area contributed by atoms with E-state index >= 15 is 0 Å². The average Bonchev–Trinajstić information content (AvgIpc) is 2.64. The minimum absolute atomic E-state index is 0.0333. The van der Waals surface area contributed by atoms with Crippen molar-refractivity contribution in [2.75, 3.05) is 38.5 Å². The van der Waals surface area contributed by atoms with Gasteiger partial charge in [-0.05, 0) is 56.3 Å². The maximum Gasteiger partial charge on any atom is 0.256 e. The Labute approximate surface area is 154 Å². The number of hydrogen-bond donors (Lipinski definition) is 1. The number of aryl methyl sites for hydroxylation is 2. The topological polar surface area (TPSA) is 52.7 Å². The molecule has 1 saturated heterocycles. The van der Waals surface area contributed by atoms with E-state index in [0.717, 1.165) is 24.2 Å². The lowest BCUT2D eigenvalue weighted by Gasteiger charge is -2.32. The normalized spacial score (nSPS) is 15.0. The lowest BCUT2D eigenvalue weighted by atomic mass is 10.1. The summed E-state index contributed by atoms with van der Waals surface area (Å²) in [5.41, 5.74) is 3.90. The molecule has 1 aliphatic rings. The van der Waals surface area contributed by atoms with Gasteiger partial charge >= 0.3 is 0 Å². The van der Waals surface area contributed by atoms with E-state index in [0.29, 0.717) is 29.9 Å². The van der Waals surface area contributed by atoms with E-state index in [9.17, 15) is 9.59 Å². The van der Waals surface area contributed by atoms with Crippen LogP contribution in [0.1, 0.15) is 31.8 Å². The fourth-order valence-electron chi connectivity index (χ4n) is 3.04. The average molecular weight is 351 g/mol. The van der Waals surface area contributed by atoms with Crippen LogP contribution in [0.15, 0.2) is 42.5 Å². The Balaban J connectivity index is 1.79. The number of piperazine rings is 1. The molecule has 2 aromatic rings. The van der Waals surface area contributed by atoms with Gasteiger partial charge in [0, 0.05) is 31.7 Å². The maximum absolute atomic E-state index is 12.9. The van der Waals surface area contributed by atoms with Gasteiger partial charge in [-0.1, -0.05) is 18.2 Å². The van der Waals surface area contributed by atoms with Gasteiger partial charge in [-0.3, -0.25) is 9.59 Å². The molecule has 0 bridgehead atoms. The quantitative estimate of drug-likeness (QED) is 0.925. The Morgan fingerprint density at radius 1 is 0.923 bits per heavy atom. The molecule has 5 nitrogen and oxygen atoms in total. The van der Waals surface area contributed by atoms with Crippen molar-refractivity contribution in [2.45, 2.75) is 13.8 Å². The summed E-state index contributed by atoms with van der Waals surface area (Å²) in [6, 6.07) is 12.8. The molecule has 0 saturated carbocycles. The fourth-order valence-corrected chi connectivity index (χ4v) is 3.04. The molecule has 2 amide bonds. The van der Waals surface area contributed by atoms with E-state index in [1.54, 1.807) is 12.1 Å².